The maximum atomic E-state index is 13.0. The van der Waals surface area contributed by atoms with Gasteiger partial charge in [0.15, 0.2) is 0 Å². The number of hydrogen-bond acceptors (Lipinski definition) is 5. The molecule has 0 saturated heterocycles. The van der Waals surface area contributed by atoms with Crippen molar-refractivity contribution < 1.29 is 4.79 Å². The first kappa shape index (κ1) is 16.1. The van der Waals surface area contributed by atoms with E-state index in [0.29, 0.717) is 12.5 Å². The summed E-state index contributed by atoms with van der Waals surface area (Å²) in [5, 5.41) is 0. The molecule has 0 aromatic carbocycles. The van der Waals surface area contributed by atoms with Crippen molar-refractivity contribution in [1.82, 2.24) is 24.8 Å². The lowest BCUT2D eigenvalue weighted by Crippen LogP contribution is -2.41. The Kier molecular flexibility index (Phi) is 4.42. The van der Waals surface area contributed by atoms with Gasteiger partial charge in [0.2, 0.25) is 5.91 Å². The molecule has 1 fully saturated rings. The predicted octanol–water partition coefficient (Wildman–Crippen LogP) is 2.64. The van der Waals surface area contributed by atoms with E-state index in [0.717, 1.165) is 67.1 Å². The third-order valence-electron chi connectivity index (χ3n) is 5.51. The Morgan fingerprint density at radius 3 is 2.60 bits per heavy atom. The summed E-state index contributed by atoms with van der Waals surface area (Å²) in [7, 11) is 0. The zero-order valence-electron chi connectivity index (χ0n) is 14.6. The van der Waals surface area contributed by atoms with Crippen LogP contribution in [-0.4, -0.2) is 37.3 Å². The fourth-order valence-corrected chi connectivity index (χ4v) is 3.96. The Morgan fingerprint density at radius 1 is 1.08 bits per heavy atom. The fourth-order valence-electron chi connectivity index (χ4n) is 3.96. The highest BCUT2D eigenvalue weighted by Crippen LogP contribution is 2.32. The van der Waals surface area contributed by atoms with Crippen LogP contribution in [0.25, 0.3) is 11.3 Å². The van der Waals surface area contributed by atoms with Crippen LogP contribution in [0, 0.1) is 11.8 Å². The van der Waals surface area contributed by atoms with Crippen LogP contribution in [-0.2, 0) is 17.8 Å². The van der Waals surface area contributed by atoms with Gasteiger partial charge in [0.25, 0.3) is 0 Å². The smallest absolute Gasteiger partial charge is 0.225 e. The molecule has 2 aromatic heterocycles. The van der Waals surface area contributed by atoms with Crippen LogP contribution in [0.15, 0.2) is 25.0 Å². The van der Waals surface area contributed by atoms with Crippen molar-refractivity contribution in [3.63, 3.8) is 0 Å². The van der Waals surface area contributed by atoms with E-state index in [-0.39, 0.29) is 5.92 Å². The molecule has 4 rings (SSSR count). The largest absolute Gasteiger partial charge is 0.338 e. The van der Waals surface area contributed by atoms with Gasteiger partial charge in [-0.1, -0.05) is 6.92 Å². The minimum atomic E-state index is 0.186. The van der Waals surface area contributed by atoms with Gasteiger partial charge in [0.1, 0.15) is 12.7 Å². The van der Waals surface area contributed by atoms with E-state index in [1.807, 2.05) is 4.90 Å². The molecule has 1 saturated carbocycles. The van der Waals surface area contributed by atoms with Crippen LogP contribution < -0.4 is 0 Å². The molecule has 0 radical (unpaired) electrons. The highest BCUT2D eigenvalue weighted by Gasteiger charge is 2.31. The molecule has 6 nitrogen and oxygen atoms in total. The van der Waals surface area contributed by atoms with Crippen molar-refractivity contribution in [3.05, 3.63) is 36.3 Å². The van der Waals surface area contributed by atoms with Crippen LogP contribution in [0.1, 0.15) is 43.9 Å². The predicted molar refractivity (Wildman–Crippen MR) is 93.3 cm³/mol. The molecule has 0 atom stereocenters. The number of hydrogen-bond donors (Lipinski definition) is 0. The van der Waals surface area contributed by atoms with Crippen molar-refractivity contribution in [1.29, 1.82) is 0 Å². The molecule has 3 heterocycles. The Morgan fingerprint density at radius 2 is 1.84 bits per heavy atom. The molecule has 0 bridgehead atoms. The van der Waals surface area contributed by atoms with Gasteiger partial charge in [-0.3, -0.25) is 4.79 Å². The summed E-state index contributed by atoms with van der Waals surface area (Å²) in [4.78, 5) is 32.0. The molecule has 0 unspecified atom stereocenters. The van der Waals surface area contributed by atoms with Crippen LogP contribution in [0.4, 0.5) is 0 Å². The lowest BCUT2D eigenvalue weighted by molar-refractivity contribution is -0.137. The number of carbonyl (C=O) groups excluding carboxylic acids is 1. The Bertz CT molecular complexity index is 756. The van der Waals surface area contributed by atoms with Gasteiger partial charge in [-0.25, -0.2) is 19.9 Å². The molecule has 1 aliphatic carbocycles. The van der Waals surface area contributed by atoms with Crippen molar-refractivity contribution in [2.45, 2.75) is 45.6 Å². The summed E-state index contributed by atoms with van der Waals surface area (Å²) in [5.41, 5.74) is 3.80. The van der Waals surface area contributed by atoms with E-state index in [2.05, 4.69) is 26.9 Å². The Labute approximate surface area is 147 Å². The molecule has 130 valence electrons. The van der Waals surface area contributed by atoms with E-state index < -0.39 is 0 Å². The third kappa shape index (κ3) is 3.25. The number of rotatable bonds is 2. The minimum Gasteiger partial charge on any atom is -0.338 e. The summed E-state index contributed by atoms with van der Waals surface area (Å²) in [6.07, 6.45) is 11.8. The topological polar surface area (TPSA) is 71.9 Å². The molecule has 1 amide bonds. The van der Waals surface area contributed by atoms with Crippen molar-refractivity contribution in [2.24, 2.45) is 11.8 Å². The standard InChI is InChI=1S/C19H23N5O/c1-13-2-4-14(5-3-13)19(25)24-7-6-17-16(10-24)18(23-12-22-17)15-8-20-11-21-9-15/h8-9,11-14H,2-7,10H2,1H3. The van der Waals surface area contributed by atoms with E-state index in [9.17, 15) is 4.79 Å². The second-order valence-electron chi connectivity index (χ2n) is 7.24. The van der Waals surface area contributed by atoms with Crippen LogP contribution in [0.2, 0.25) is 0 Å². The second-order valence-corrected chi connectivity index (χ2v) is 7.24. The zero-order valence-corrected chi connectivity index (χ0v) is 14.6. The van der Waals surface area contributed by atoms with E-state index >= 15 is 0 Å². The highest BCUT2D eigenvalue weighted by atomic mass is 16.2. The first-order valence-electron chi connectivity index (χ1n) is 9.09. The third-order valence-corrected chi connectivity index (χ3v) is 5.51. The number of carbonyl (C=O) groups is 1. The number of aromatic nitrogens is 4. The van der Waals surface area contributed by atoms with Gasteiger partial charge in [-0.05, 0) is 31.6 Å². The Balaban J connectivity index is 1.57. The number of fused-ring (bicyclic) bond motifs is 1. The van der Waals surface area contributed by atoms with Gasteiger partial charge in [0, 0.05) is 48.9 Å². The zero-order chi connectivity index (χ0) is 17.2. The molecule has 1 aliphatic heterocycles. The summed E-state index contributed by atoms with van der Waals surface area (Å²) >= 11 is 0. The molecule has 25 heavy (non-hydrogen) atoms. The van der Waals surface area contributed by atoms with Gasteiger partial charge in [0.05, 0.1) is 11.4 Å². The lowest BCUT2D eigenvalue weighted by Gasteiger charge is -2.34. The quantitative estimate of drug-likeness (QED) is 0.842. The first-order valence-corrected chi connectivity index (χ1v) is 9.09. The summed E-state index contributed by atoms with van der Waals surface area (Å²) in [6, 6.07) is 0. The van der Waals surface area contributed by atoms with Crippen LogP contribution in [0.3, 0.4) is 0 Å². The van der Waals surface area contributed by atoms with Crippen molar-refractivity contribution in [2.75, 3.05) is 6.54 Å². The minimum absolute atomic E-state index is 0.186. The molecule has 0 N–H and O–H groups in total. The number of amides is 1. The van der Waals surface area contributed by atoms with E-state index in [1.54, 1.807) is 18.7 Å². The average molecular weight is 337 g/mol. The lowest BCUT2D eigenvalue weighted by atomic mass is 9.82. The maximum absolute atomic E-state index is 13.0. The fraction of sp³-hybridized carbons (Fsp3) is 0.526. The summed E-state index contributed by atoms with van der Waals surface area (Å²) in [5.74, 6) is 1.24. The van der Waals surface area contributed by atoms with Crippen LogP contribution >= 0.6 is 0 Å². The van der Waals surface area contributed by atoms with E-state index in [4.69, 9.17) is 0 Å². The van der Waals surface area contributed by atoms with Crippen LogP contribution in [0.5, 0.6) is 0 Å². The summed E-state index contributed by atoms with van der Waals surface area (Å²) in [6.45, 7) is 3.62. The van der Waals surface area contributed by atoms with Crippen molar-refractivity contribution >= 4 is 5.91 Å². The SMILES string of the molecule is CC1CCC(C(=O)N2CCc3ncnc(-c4cncnc4)c3C2)CC1. The first-order chi connectivity index (χ1) is 12.2. The monoisotopic (exact) mass is 337 g/mol. The molecule has 6 heteroatoms. The Hall–Kier alpha value is -2.37. The van der Waals surface area contributed by atoms with Crippen molar-refractivity contribution in [3.8, 4) is 11.3 Å². The summed E-state index contributed by atoms with van der Waals surface area (Å²) < 4.78 is 0. The van der Waals surface area contributed by atoms with Gasteiger partial charge >= 0.3 is 0 Å². The molecule has 0 spiro atoms. The average Bonchev–Trinajstić information content (AvgIpc) is 2.68. The highest BCUT2D eigenvalue weighted by molar-refractivity contribution is 5.79. The molecule has 2 aliphatic rings. The van der Waals surface area contributed by atoms with Gasteiger partial charge in [-0.2, -0.15) is 0 Å². The molecular weight excluding hydrogens is 314 g/mol. The molecule has 2 aromatic rings. The van der Waals surface area contributed by atoms with Gasteiger partial charge in [-0.15, -0.1) is 0 Å². The molecular formula is C19H23N5O. The van der Waals surface area contributed by atoms with Gasteiger partial charge < -0.3 is 4.90 Å². The normalized spacial score (nSPS) is 23.2. The number of nitrogens with zero attached hydrogens (tertiary/aromatic N) is 5. The maximum Gasteiger partial charge on any atom is 0.225 e. The second kappa shape index (κ2) is 6.86. The van der Waals surface area contributed by atoms with E-state index in [1.165, 1.54) is 6.33 Å².